The monoisotopic (exact) mass is 348 g/mol. The van der Waals surface area contributed by atoms with Crippen LogP contribution in [0.4, 0.5) is 5.82 Å². The summed E-state index contributed by atoms with van der Waals surface area (Å²) in [4.78, 5) is 20.6. The number of amides is 1. The second-order valence-corrected chi connectivity index (χ2v) is 5.82. The summed E-state index contributed by atoms with van der Waals surface area (Å²) in [5.74, 6) is 0.733. The summed E-state index contributed by atoms with van der Waals surface area (Å²) < 4.78 is 0. The van der Waals surface area contributed by atoms with Crippen molar-refractivity contribution in [1.82, 2.24) is 15.3 Å². The molecule has 3 rings (SSSR count). The van der Waals surface area contributed by atoms with Gasteiger partial charge in [-0.2, -0.15) is 0 Å². The minimum Gasteiger partial charge on any atom is -0.508 e. The molecule has 0 fully saturated rings. The predicted molar refractivity (Wildman–Crippen MR) is 99.9 cm³/mol. The van der Waals surface area contributed by atoms with Crippen molar-refractivity contribution in [3.05, 3.63) is 83.8 Å². The number of benzene rings is 1. The number of anilines is 1. The summed E-state index contributed by atoms with van der Waals surface area (Å²) >= 11 is 0. The van der Waals surface area contributed by atoms with E-state index >= 15 is 0 Å². The Morgan fingerprint density at radius 1 is 1.04 bits per heavy atom. The van der Waals surface area contributed by atoms with Crippen LogP contribution in [-0.4, -0.2) is 27.5 Å². The standard InChI is InChI=1S/C20H20N4O2/c25-18-5-3-15(4-6-18)7-10-23-20(26)17-8-11-22-19(12-17)24-14-16-2-1-9-21-13-16/h1-6,8-9,11-13,25H,7,10,14H2,(H,22,24)(H,23,26). The Kier molecular flexibility index (Phi) is 5.77. The number of carbonyl (C=O) groups excluding carboxylic acids is 1. The lowest BCUT2D eigenvalue weighted by atomic mass is 10.1. The average molecular weight is 348 g/mol. The Morgan fingerprint density at radius 3 is 2.65 bits per heavy atom. The third-order valence-electron chi connectivity index (χ3n) is 3.85. The molecule has 0 spiro atoms. The number of aromatic nitrogens is 2. The normalized spacial score (nSPS) is 10.3. The topological polar surface area (TPSA) is 87.1 Å². The Balaban J connectivity index is 1.51. The molecule has 1 aromatic carbocycles. The molecule has 0 atom stereocenters. The number of phenols is 1. The smallest absolute Gasteiger partial charge is 0.251 e. The molecule has 0 unspecified atom stereocenters. The largest absolute Gasteiger partial charge is 0.508 e. The van der Waals surface area contributed by atoms with Crippen LogP contribution in [-0.2, 0) is 13.0 Å². The molecule has 3 aromatic rings. The highest BCUT2D eigenvalue weighted by molar-refractivity contribution is 5.94. The molecule has 6 heteroatoms. The van der Waals surface area contributed by atoms with Gasteiger partial charge in [-0.05, 0) is 47.9 Å². The van der Waals surface area contributed by atoms with Crippen LogP contribution in [0.2, 0.25) is 0 Å². The lowest BCUT2D eigenvalue weighted by Crippen LogP contribution is -2.25. The number of phenolic OH excluding ortho intramolecular Hbond substituents is 1. The SMILES string of the molecule is O=C(NCCc1ccc(O)cc1)c1ccnc(NCc2cccnc2)c1. The van der Waals surface area contributed by atoms with E-state index in [1.807, 2.05) is 24.3 Å². The predicted octanol–water partition coefficient (Wildman–Crippen LogP) is 2.77. The van der Waals surface area contributed by atoms with E-state index in [1.54, 1.807) is 42.9 Å². The Labute approximate surface area is 152 Å². The molecule has 3 N–H and O–H groups in total. The van der Waals surface area contributed by atoms with Gasteiger partial charge in [0.05, 0.1) is 0 Å². The first-order chi connectivity index (χ1) is 12.7. The number of aromatic hydroxyl groups is 1. The van der Waals surface area contributed by atoms with E-state index in [4.69, 9.17) is 0 Å². The van der Waals surface area contributed by atoms with Crippen LogP contribution in [0.15, 0.2) is 67.1 Å². The molecule has 1 amide bonds. The number of hydrogen-bond donors (Lipinski definition) is 3. The van der Waals surface area contributed by atoms with Crippen molar-refractivity contribution in [2.75, 3.05) is 11.9 Å². The number of nitrogens with zero attached hydrogens (tertiary/aromatic N) is 2. The molecule has 0 bridgehead atoms. The summed E-state index contributed by atoms with van der Waals surface area (Å²) in [6, 6.07) is 14.2. The fraction of sp³-hybridized carbons (Fsp3) is 0.150. The summed E-state index contributed by atoms with van der Waals surface area (Å²) in [5, 5.41) is 15.4. The molecule has 26 heavy (non-hydrogen) atoms. The van der Waals surface area contributed by atoms with Crippen LogP contribution in [0, 0.1) is 0 Å². The van der Waals surface area contributed by atoms with Crippen molar-refractivity contribution in [1.29, 1.82) is 0 Å². The molecular formula is C20H20N4O2. The molecule has 0 aliphatic carbocycles. The number of pyridine rings is 2. The van der Waals surface area contributed by atoms with Crippen LogP contribution in [0.1, 0.15) is 21.5 Å². The lowest BCUT2D eigenvalue weighted by Gasteiger charge is -2.08. The second kappa shape index (κ2) is 8.62. The van der Waals surface area contributed by atoms with Crippen molar-refractivity contribution in [2.45, 2.75) is 13.0 Å². The zero-order chi connectivity index (χ0) is 18.2. The van der Waals surface area contributed by atoms with E-state index in [0.717, 1.165) is 11.1 Å². The van der Waals surface area contributed by atoms with Gasteiger partial charge in [-0.25, -0.2) is 4.98 Å². The molecule has 0 aliphatic rings. The zero-order valence-electron chi connectivity index (χ0n) is 14.2. The van der Waals surface area contributed by atoms with E-state index in [1.165, 1.54) is 0 Å². The number of nitrogens with one attached hydrogen (secondary N) is 2. The van der Waals surface area contributed by atoms with Crippen LogP contribution in [0.25, 0.3) is 0 Å². The van der Waals surface area contributed by atoms with Gasteiger partial charge in [-0.1, -0.05) is 18.2 Å². The van der Waals surface area contributed by atoms with E-state index in [0.29, 0.717) is 30.9 Å². The van der Waals surface area contributed by atoms with Gasteiger partial charge in [0.15, 0.2) is 0 Å². The average Bonchev–Trinajstić information content (AvgIpc) is 2.69. The maximum atomic E-state index is 12.3. The minimum atomic E-state index is -0.143. The van der Waals surface area contributed by atoms with Crippen LogP contribution < -0.4 is 10.6 Å². The number of carbonyl (C=O) groups is 1. The van der Waals surface area contributed by atoms with Gasteiger partial charge in [0.25, 0.3) is 5.91 Å². The molecule has 2 aromatic heterocycles. The van der Waals surface area contributed by atoms with Gasteiger partial charge < -0.3 is 15.7 Å². The summed E-state index contributed by atoms with van der Waals surface area (Å²) in [5.41, 5.74) is 2.65. The van der Waals surface area contributed by atoms with Crippen molar-refractivity contribution in [2.24, 2.45) is 0 Å². The molecule has 0 aliphatic heterocycles. The third-order valence-corrected chi connectivity index (χ3v) is 3.85. The summed E-state index contributed by atoms with van der Waals surface area (Å²) in [6.45, 7) is 1.11. The van der Waals surface area contributed by atoms with Crippen LogP contribution in [0.3, 0.4) is 0 Å². The lowest BCUT2D eigenvalue weighted by molar-refractivity contribution is 0.0954. The minimum absolute atomic E-state index is 0.143. The van der Waals surface area contributed by atoms with Gasteiger partial charge in [-0.3, -0.25) is 9.78 Å². The van der Waals surface area contributed by atoms with E-state index in [-0.39, 0.29) is 11.7 Å². The molecular weight excluding hydrogens is 328 g/mol. The van der Waals surface area contributed by atoms with Crippen LogP contribution >= 0.6 is 0 Å². The van der Waals surface area contributed by atoms with Crippen molar-refractivity contribution < 1.29 is 9.90 Å². The van der Waals surface area contributed by atoms with Gasteiger partial charge in [0, 0.05) is 37.2 Å². The first-order valence-electron chi connectivity index (χ1n) is 8.35. The third kappa shape index (κ3) is 5.04. The molecule has 2 heterocycles. The quantitative estimate of drug-likeness (QED) is 0.611. The molecule has 132 valence electrons. The molecule has 6 nitrogen and oxygen atoms in total. The van der Waals surface area contributed by atoms with Gasteiger partial charge in [0.2, 0.25) is 0 Å². The zero-order valence-corrected chi connectivity index (χ0v) is 14.2. The van der Waals surface area contributed by atoms with E-state index < -0.39 is 0 Å². The van der Waals surface area contributed by atoms with Crippen molar-refractivity contribution in [3.63, 3.8) is 0 Å². The van der Waals surface area contributed by atoms with Crippen molar-refractivity contribution >= 4 is 11.7 Å². The Morgan fingerprint density at radius 2 is 1.88 bits per heavy atom. The number of hydrogen-bond acceptors (Lipinski definition) is 5. The molecule has 0 saturated carbocycles. The van der Waals surface area contributed by atoms with Crippen LogP contribution in [0.5, 0.6) is 5.75 Å². The van der Waals surface area contributed by atoms with E-state index in [2.05, 4.69) is 20.6 Å². The van der Waals surface area contributed by atoms with Gasteiger partial charge in [-0.15, -0.1) is 0 Å². The maximum absolute atomic E-state index is 12.3. The maximum Gasteiger partial charge on any atom is 0.251 e. The molecule has 0 radical (unpaired) electrons. The summed E-state index contributed by atoms with van der Waals surface area (Å²) in [7, 11) is 0. The van der Waals surface area contributed by atoms with Gasteiger partial charge in [0.1, 0.15) is 11.6 Å². The highest BCUT2D eigenvalue weighted by Gasteiger charge is 2.06. The molecule has 0 saturated heterocycles. The first-order valence-corrected chi connectivity index (χ1v) is 8.35. The Hall–Kier alpha value is -3.41. The fourth-order valence-corrected chi connectivity index (χ4v) is 2.45. The van der Waals surface area contributed by atoms with Gasteiger partial charge >= 0.3 is 0 Å². The Bertz CT molecular complexity index is 851. The first kappa shape index (κ1) is 17.4. The number of rotatable bonds is 7. The highest BCUT2D eigenvalue weighted by Crippen LogP contribution is 2.11. The highest BCUT2D eigenvalue weighted by atomic mass is 16.3. The fourth-order valence-electron chi connectivity index (χ4n) is 2.45. The second-order valence-electron chi connectivity index (χ2n) is 5.82. The van der Waals surface area contributed by atoms with E-state index in [9.17, 15) is 9.90 Å². The summed E-state index contributed by atoms with van der Waals surface area (Å²) in [6.07, 6.45) is 5.82. The van der Waals surface area contributed by atoms with Crippen molar-refractivity contribution in [3.8, 4) is 5.75 Å².